The van der Waals surface area contributed by atoms with Crippen molar-refractivity contribution in [3.63, 3.8) is 0 Å². The summed E-state index contributed by atoms with van der Waals surface area (Å²) in [5.74, 6) is 2.53. The summed E-state index contributed by atoms with van der Waals surface area (Å²) < 4.78 is 13.6. The van der Waals surface area contributed by atoms with Crippen LogP contribution in [-0.4, -0.2) is 89.3 Å². The molecule has 0 atom stereocenters. The van der Waals surface area contributed by atoms with E-state index >= 15 is 0 Å². The van der Waals surface area contributed by atoms with Gasteiger partial charge in [0.25, 0.3) is 0 Å². The van der Waals surface area contributed by atoms with Gasteiger partial charge in [-0.1, -0.05) is 12.1 Å². The molecule has 4 aliphatic carbocycles. The van der Waals surface area contributed by atoms with Crippen LogP contribution in [0.15, 0.2) is 24.3 Å². The zero-order valence-electron chi connectivity index (χ0n) is 21.5. The molecule has 36 heavy (non-hydrogen) atoms. The summed E-state index contributed by atoms with van der Waals surface area (Å²) in [6, 6.07) is 6.71. The van der Waals surface area contributed by atoms with Gasteiger partial charge in [-0.25, -0.2) is 4.39 Å². The van der Waals surface area contributed by atoms with Gasteiger partial charge in [0.2, 0.25) is 11.8 Å². The first kappa shape index (κ1) is 24.4. The van der Waals surface area contributed by atoms with E-state index in [-0.39, 0.29) is 23.2 Å². The third kappa shape index (κ3) is 5.06. The summed E-state index contributed by atoms with van der Waals surface area (Å²) in [5.41, 5.74) is 0.996. The van der Waals surface area contributed by atoms with Gasteiger partial charge in [0.1, 0.15) is 5.82 Å². The lowest BCUT2D eigenvalue weighted by Crippen LogP contribution is -2.62. The molecule has 6 fully saturated rings. The number of carbonyl (C=O) groups is 2. The third-order valence-electron chi connectivity index (χ3n) is 9.77. The molecule has 4 saturated carbocycles. The topological polar surface area (TPSA) is 47.1 Å². The zero-order valence-corrected chi connectivity index (χ0v) is 21.5. The molecule has 7 heteroatoms. The summed E-state index contributed by atoms with van der Waals surface area (Å²) in [7, 11) is 0. The molecule has 2 aliphatic heterocycles. The molecule has 7 rings (SSSR count). The molecule has 2 heterocycles. The molecule has 1 aromatic rings. The summed E-state index contributed by atoms with van der Waals surface area (Å²) in [6.45, 7) is 6.65. The molecule has 0 spiro atoms. The fourth-order valence-corrected chi connectivity index (χ4v) is 8.33. The molecule has 0 radical (unpaired) electrons. The molecule has 4 bridgehead atoms. The van der Waals surface area contributed by atoms with Crippen molar-refractivity contribution in [2.75, 3.05) is 52.4 Å². The van der Waals surface area contributed by atoms with Crippen LogP contribution in [0.25, 0.3) is 0 Å². The molecule has 0 N–H and O–H groups in total. The molecule has 2 saturated heterocycles. The van der Waals surface area contributed by atoms with E-state index in [1.807, 2.05) is 17.0 Å². The Balaban J connectivity index is 1.11. The predicted molar refractivity (Wildman–Crippen MR) is 137 cm³/mol. The molecular formula is C29H41FN4O2. The van der Waals surface area contributed by atoms with E-state index in [0.29, 0.717) is 19.6 Å². The summed E-state index contributed by atoms with van der Waals surface area (Å²) >= 11 is 0. The minimum atomic E-state index is -0.229. The molecule has 1 aromatic carbocycles. The van der Waals surface area contributed by atoms with Crippen molar-refractivity contribution in [1.82, 2.24) is 19.6 Å². The molecular weight excluding hydrogens is 455 g/mol. The molecule has 0 unspecified atom stereocenters. The second-order valence-corrected chi connectivity index (χ2v) is 12.4. The molecule has 196 valence electrons. The van der Waals surface area contributed by atoms with Gasteiger partial charge in [-0.15, -0.1) is 0 Å². The van der Waals surface area contributed by atoms with Crippen molar-refractivity contribution >= 4 is 11.8 Å². The van der Waals surface area contributed by atoms with E-state index in [4.69, 9.17) is 0 Å². The second-order valence-electron chi connectivity index (χ2n) is 12.4. The van der Waals surface area contributed by atoms with Crippen LogP contribution >= 0.6 is 0 Å². The van der Waals surface area contributed by atoms with Gasteiger partial charge >= 0.3 is 0 Å². The fraction of sp³-hybridized carbons (Fsp3) is 0.724. The Morgan fingerprint density at radius 1 is 0.806 bits per heavy atom. The predicted octanol–water partition coefficient (Wildman–Crippen LogP) is 3.36. The van der Waals surface area contributed by atoms with Crippen molar-refractivity contribution in [2.24, 2.45) is 17.8 Å². The highest BCUT2D eigenvalue weighted by molar-refractivity contribution is 5.79. The number of piperazine rings is 1. The first-order valence-electron chi connectivity index (χ1n) is 14.2. The lowest BCUT2D eigenvalue weighted by molar-refractivity contribution is -0.154. The quantitative estimate of drug-likeness (QED) is 0.581. The Morgan fingerprint density at radius 3 is 1.89 bits per heavy atom. The average molecular weight is 497 g/mol. The Bertz CT molecular complexity index is 917. The fourth-order valence-electron chi connectivity index (χ4n) is 8.33. The van der Waals surface area contributed by atoms with Crippen molar-refractivity contribution < 1.29 is 14.0 Å². The number of hydrogen-bond acceptors (Lipinski definition) is 4. The summed E-state index contributed by atoms with van der Waals surface area (Å²) in [4.78, 5) is 35.2. The number of rotatable bonds is 7. The number of nitrogens with zero attached hydrogens (tertiary/aromatic N) is 4. The minimum Gasteiger partial charge on any atom is -0.342 e. The van der Waals surface area contributed by atoms with Crippen LogP contribution in [0.2, 0.25) is 0 Å². The summed E-state index contributed by atoms with van der Waals surface area (Å²) in [5, 5.41) is 0. The van der Waals surface area contributed by atoms with Crippen LogP contribution in [0, 0.1) is 23.6 Å². The maximum absolute atomic E-state index is 14.0. The minimum absolute atomic E-state index is 0.0236. The number of hydrogen-bond donors (Lipinski definition) is 0. The normalized spacial score (nSPS) is 32.2. The van der Waals surface area contributed by atoms with Crippen molar-refractivity contribution in [3.8, 4) is 0 Å². The lowest BCUT2D eigenvalue weighted by atomic mass is 9.52. The Kier molecular flexibility index (Phi) is 6.80. The molecule has 6 aliphatic rings. The first-order chi connectivity index (χ1) is 17.5. The Labute approximate surface area is 214 Å². The van der Waals surface area contributed by atoms with E-state index < -0.39 is 0 Å². The second kappa shape index (κ2) is 10.1. The summed E-state index contributed by atoms with van der Waals surface area (Å²) in [6.07, 6.45) is 9.69. The average Bonchev–Trinajstić information content (AvgIpc) is 3.39. The number of halogens is 1. The van der Waals surface area contributed by atoms with Crippen LogP contribution < -0.4 is 0 Å². The van der Waals surface area contributed by atoms with Crippen LogP contribution in [0.1, 0.15) is 56.9 Å². The van der Waals surface area contributed by atoms with E-state index in [0.717, 1.165) is 94.7 Å². The van der Waals surface area contributed by atoms with Crippen molar-refractivity contribution in [1.29, 1.82) is 0 Å². The van der Waals surface area contributed by atoms with Gasteiger partial charge < -0.3 is 9.80 Å². The number of amides is 2. The van der Waals surface area contributed by atoms with Crippen molar-refractivity contribution in [2.45, 2.75) is 63.5 Å². The highest BCUT2D eigenvalue weighted by Crippen LogP contribution is 2.58. The number of likely N-dealkylation sites (tertiary alicyclic amines) is 1. The van der Waals surface area contributed by atoms with Gasteiger partial charge in [0.05, 0.1) is 13.1 Å². The first-order valence-corrected chi connectivity index (χ1v) is 14.2. The maximum atomic E-state index is 14.0. The molecule has 6 nitrogen and oxygen atoms in total. The number of carbonyl (C=O) groups excluding carboxylic acids is 2. The van der Waals surface area contributed by atoms with Crippen molar-refractivity contribution in [3.05, 3.63) is 35.6 Å². The maximum Gasteiger partial charge on any atom is 0.237 e. The van der Waals surface area contributed by atoms with Crippen LogP contribution in [0.5, 0.6) is 0 Å². The Morgan fingerprint density at radius 2 is 1.33 bits per heavy atom. The zero-order chi connectivity index (χ0) is 24.7. The lowest BCUT2D eigenvalue weighted by Gasteiger charge is -2.60. The third-order valence-corrected chi connectivity index (χ3v) is 9.77. The van der Waals surface area contributed by atoms with Gasteiger partial charge in [0.15, 0.2) is 0 Å². The van der Waals surface area contributed by atoms with Gasteiger partial charge in [-0.05, 0) is 86.8 Å². The molecule has 0 aromatic heterocycles. The van der Waals surface area contributed by atoms with E-state index in [1.165, 1.54) is 31.4 Å². The van der Waals surface area contributed by atoms with Crippen LogP contribution in [0.4, 0.5) is 4.39 Å². The van der Waals surface area contributed by atoms with Gasteiger partial charge in [0, 0.05) is 51.4 Å². The van der Waals surface area contributed by atoms with Gasteiger partial charge in [-0.2, -0.15) is 0 Å². The standard InChI is InChI=1S/C29H41FN4O2/c30-26-5-3-22(4-6-26)19-34(29-16-23-13-24(17-29)15-25(14-23)18-29)28(36)21-32-11-9-31(10-12-32)20-27(35)33-7-1-2-8-33/h3-6,23-25H,1-2,7-21H2. The highest BCUT2D eigenvalue weighted by atomic mass is 19.1. The smallest absolute Gasteiger partial charge is 0.237 e. The SMILES string of the molecule is O=C(CN1CCN(CC(=O)N(Cc2ccc(F)cc2)C23CC4CC(CC(C4)C2)C3)CC1)N1CCCC1. The largest absolute Gasteiger partial charge is 0.342 e. The monoisotopic (exact) mass is 496 g/mol. The van der Waals surface area contributed by atoms with E-state index in [9.17, 15) is 14.0 Å². The Hall–Kier alpha value is -1.99. The molecule has 2 amide bonds. The van der Waals surface area contributed by atoms with Crippen LogP contribution in [-0.2, 0) is 16.1 Å². The number of benzene rings is 1. The van der Waals surface area contributed by atoms with Gasteiger partial charge in [-0.3, -0.25) is 19.4 Å². The van der Waals surface area contributed by atoms with E-state index in [2.05, 4.69) is 14.7 Å². The van der Waals surface area contributed by atoms with Crippen LogP contribution in [0.3, 0.4) is 0 Å². The van der Waals surface area contributed by atoms with E-state index in [1.54, 1.807) is 0 Å². The highest BCUT2D eigenvalue weighted by Gasteiger charge is 2.54.